The molecule has 1 atom stereocenters. The SMILES string of the molecule is CC(C)C(C)c1ccsn1. The van der Waals surface area contributed by atoms with Gasteiger partial charge in [0.15, 0.2) is 0 Å². The molecule has 10 heavy (non-hydrogen) atoms. The van der Waals surface area contributed by atoms with Crippen LogP contribution in [-0.4, -0.2) is 4.37 Å². The van der Waals surface area contributed by atoms with Crippen molar-refractivity contribution in [1.82, 2.24) is 4.37 Å². The van der Waals surface area contributed by atoms with Crippen molar-refractivity contribution in [3.05, 3.63) is 17.1 Å². The zero-order valence-corrected chi connectivity index (χ0v) is 7.48. The standard InChI is InChI=1S/C8H13NS/c1-6(2)7(3)8-4-5-10-9-8/h4-7H,1-3H3. The Labute approximate surface area is 66.3 Å². The zero-order valence-electron chi connectivity index (χ0n) is 6.66. The third-order valence-corrected chi connectivity index (χ3v) is 2.50. The van der Waals surface area contributed by atoms with Crippen LogP contribution < -0.4 is 0 Å². The normalized spacial score (nSPS) is 14.0. The lowest BCUT2D eigenvalue weighted by Gasteiger charge is -2.11. The van der Waals surface area contributed by atoms with Crippen LogP contribution in [0.3, 0.4) is 0 Å². The molecule has 1 rings (SSSR count). The van der Waals surface area contributed by atoms with Gasteiger partial charge in [-0.2, -0.15) is 4.37 Å². The van der Waals surface area contributed by atoms with E-state index >= 15 is 0 Å². The number of rotatable bonds is 2. The van der Waals surface area contributed by atoms with E-state index in [1.165, 1.54) is 17.2 Å². The Balaban J connectivity index is 2.68. The molecule has 1 heterocycles. The Bertz CT molecular complexity index is 179. The van der Waals surface area contributed by atoms with E-state index in [2.05, 4.69) is 31.2 Å². The highest BCUT2D eigenvalue weighted by molar-refractivity contribution is 7.03. The van der Waals surface area contributed by atoms with Crippen LogP contribution in [0.5, 0.6) is 0 Å². The molecule has 56 valence electrons. The second-order valence-corrected chi connectivity index (χ2v) is 3.62. The van der Waals surface area contributed by atoms with E-state index < -0.39 is 0 Å². The van der Waals surface area contributed by atoms with Crippen LogP contribution in [0.1, 0.15) is 32.4 Å². The molecule has 0 saturated carbocycles. The van der Waals surface area contributed by atoms with Crippen molar-refractivity contribution in [2.45, 2.75) is 26.7 Å². The van der Waals surface area contributed by atoms with Crippen LogP contribution in [-0.2, 0) is 0 Å². The van der Waals surface area contributed by atoms with E-state index in [-0.39, 0.29) is 0 Å². The van der Waals surface area contributed by atoms with Crippen molar-refractivity contribution in [2.75, 3.05) is 0 Å². The lowest BCUT2D eigenvalue weighted by molar-refractivity contribution is 0.527. The fourth-order valence-electron chi connectivity index (χ4n) is 0.798. The van der Waals surface area contributed by atoms with E-state index in [9.17, 15) is 0 Å². The second kappa shape index (κ2) is 3.15. The van der Waals surface area contributed by atoms with Gasteiger partial charge < -0.3 is 0 Å². The van der Waals surface area contributed by atoms with E-state index in [4.69, 9.17) is 0 Å². The highest BCUT2D eigenvalue weighted by atomic mass is 32.1. The molecule has 0 radical (unpaired) electrons. The summed E-state index contributed by atoms with van der Waals surface area (Å²) in [5.41, 5.74) is 1.24. The molecular weight excluding hydrogens is 142 g/mol. The molecular formula is C8H13NS. The summed E-state index contributed by atoms with van der Waals surface area (Å²) >= 11 is 1.54. The van der Waals surface area contributed by atoms with E-state index in [0.717, 1.165) is 0 Å². The zero-order chi connectivity index (χ0) is 7.56. The Morgan fingerprint density at radius 2 is 2.10 bits per heavy atom. The van der Waals surface area contributed by atoms with E-state index in [1.54, 1.807) is 0 Å². The van der Waals surface area contributed by atoms with Gasteiger partial charge in [0.2, 0.25) is 0 Å². The van der Waals surface area contributed by atoms with Gasteiger partial charge in [0, 0.05) is 11.3 Å². The quantitative estimate of drug-likeness (QED) is 0.640. The van der Waals surface area contributed by atoms with Crippen LogP contribution in [0, 0.1) is 5.92 Å². The Morgan fingerprint density at radius 3 is 2.50 bits per heavy atom. The van der Waals surface area contributed by atoms with E-state index in [0.29, 0.717) is 11.8 Å². The topological polar surface area (TPSA) is 12.9 Å². The Hall–Kier alpha value is -0.370. The third kappa shape index (κ3) is 1.57. The second-order valence-electron chi connectivity index (χ2n) is 2.96. The first kappa shape index (κ1) is 7.73. The van der Waals surface area contributed by atoms with Gasteiger partial charge in [-0.05, 0) is 23.5 Å². The predicted octanol–water partition coefficient (Wildman–Crippen LogP) is 2.90. The first-order valence-electron chi connectivity index (χ1n) is 3.62. The van der Waals surface area contributed by atoms with Crippen molar-refractivity contribution in [1.29, 1.82) is 0 Å². The van der Waals surface area contributed by atoms with Crippen LogP contribution >= 0.6 is 11.5 Å². The average molecular weight is 155 g/mol. The van der Waals surface area contributed by atoms with Crippen molar-refractivity contribution >= 4 is 11.5 Å². The fraction of sp³-hybridized carbons (Fsp3) is 0.625. The highest BCUT2D eigenvalue weighted by Gasteiger charge is 2.10. The first-order chi connectivity index (χ1) is 4.72. The summed E-state index contributed by atoms with van der Waals surface area (Å²) in [6.07, 6.45) is 0. The van der Waals surface area contributed by atoms with Gasteiger partial charge in [0.1, 0.15) is 0 Å². The summed E-state index contributed by atoms with van der Waals surface area (Å²) in [6, 6.07) is 2.11. The molecule has 0 bridgehead atoms. The summed E-state index contributed by atoms with van der Waals surface area (Å²) in [5, 5.41) is 2.04. The average Bonchev–Trinajstić information content (AvgIpc) is 2.36. The third-order valence-electron chi connectivity index (χ3n) is 1.92. The fourth-order valence-corrected chi connectivity index (χ4v) is 1.41. The smallest absolute Gasteiger partial charge is 0.0572 e. The molecule has 0 aromatic carbocycles. The molecule has 1 aromatic rings. The molecule has 0 fully saturated rings. The maximum absolute atomic E-state index is 4.28. The van der Waals surface area contributed by atoms with E-state index in [1.807, 2.05) is 5.38 Å². The molecule has 1 unspecified atom stereocenters. The number of hydrogen-bond acceptors (Lipinski definition) is 2. The van der Waals surface area contributed by atoms with Gasteiger partial charge in [0.25, 0.3) is 0 Å². The van der Waals surface area contributed by atoms with Gasteiger partial charge in [0.05, 0.1) is 5.69 Å². The first-order valence-corrected chi connectivity index (χ1v) is 4.45. The molecule has 0 aliphatic carbocycles. The van der Waals surface area contributed by atoms with Gasteiger partial charge in [-0.15, -0.1) is 0 Å². The predicted molar refractivity (Wildman–Crippen MR) is 45.4 cm³/mol. The van der Waals surface area contributed by atoms with Crippen molar-refractivity contribution in [3.8, 4) is 0 Å². The van der Waals surface area contributed by atoms with Gasteiger partial charge in [-0.25, -0.2) is 0 Å². The summed E-state index contributed by atoms with van der Waals surface area (Å²) in [6.45, 7) is 6.67. The van der Waals surface area contributed by atoms with Crippen LogP contribution in [0.25, 0.3) is 0 Å². The summed E-state index contributed by atoms with van der Waals surface area (Å²) in [7, 11) is 0. The molecule has 1 nitrogen and oxygen atoms in total. The van der Waals surface area contributed by atoms with Gasteiger partial charge in [-0.3, -0.25) is 0 Å². The Morgan fingerprint density at radius 1 is 1.40 bits per heavy atom. The van der Waals surface area contributed by atoms with Gasteiger partial charge >= 0.3 is 0 Å². The summed E-state index contributed by atoms with van der Waals surface area (Å²) in [5.74, 6) is 1.30. The minimum Gasteiger partial charge on any atom is -0.197 e. The minimum absolute atomic E-state index is 0.603. The molecule has 0 saturated heterocycles. The number of nitrogens with zero attached hydrogens (tertiary/aromatic N) is 1. The molecule has 0 spiro atoms. The summed E-state index contributed by atoms with van der Waals surface area (Å²) < 4.78 is 4.28. The minimum atomic E-state index is 0.603. The largest absolute Gasteiger partial charge is 0.197 e. The summed E-state index contributed by atoms with van der Waals surface area (Å²) in [4.78, 5) is 0. The van der Waals surface area contributed by atoms with Crippen molar-refractivity contribution in [2.24, 2.45) is 5.92 Å². The number of aromatic nitrogens is 1. The Kier molecular flexibility index (Phi) is 2.44. The van der Waals surface area contributed by atoms with Crippen LogP contribution in [0.15, 0.2) is 11.4 Å². The molecule has 0 N–H and O–H groups in total. The molecule has 0 aliphatic rings. The number of hydrogen-bond donors (Lipinski definition) is 0. The van der Waals surface area contributed by atoms with Crippen molar-refractivity contribution < 1.29 is 0 Å². The lowest BCUT2D eigenvalue weighted by atomic mass is 9.95. The maximum Gasteiger partial charge on any atom is 0.0572 e. The molecule has 1 aromatic heterocycles. The van der Waals surface area contributed by atoms with Crippen LogP contribution in [0.4, 0.5) is 0 Å². The molecule has 0 amide bonds. The van der Waals surface area contributed by atoms with Crippen molar-refractivity contribution in [3.63, 3.8) is 0 Å². The highest BCUT2D eigenvalue weighted by Crippen LogP contribution is 2.22. The van der Waals surface area contributed by atoms with Gasteiger partial charge in [-0.1, -0.05) is 20.8 Å². The monoisotopic (exact) mass is 155 g/mol. The lowest BCUT2D eigenvalue weighted by Crippen LogP contribution is -2.01. The van der Waals surface area contributed by atoms with Crippen LogP contribution in [0.2, 0.25) is 0 Å². The molecule has 0 aliphatic heterocycles. The maximum atomic E-state index is 4.28. The molecule has 2 heteroatoms.